The van der Waals surface area contributed by atoms with Crippen molar-refractivity contribution >= 4 is 120 Å². The van der Waals surface area contributed by atoms with Crippen LogP contribution in [-0.4, -0.2) is 66.7 Å². The second kappa shape index (κ2) is 55.7. The van der Waals surface area contributed by atoms with Gasteiger partial charge in [0, 0.05) is 79.9 Å². The molecule has 0 aromatic heterocycles. The van der Waals surface area contributed by atoms with Gasteiger partial charge in [0.25, 0.3) is 0 Å². The normalized spacial score (nSPS) is 11.0. The van der Waals surface area contributed by atoms with E-state index in [9.17, 15) is 60.0 Å². The van der Waals surface area contributed by atoms with E-state index in [1.165, 1.54) is 27.8 Å². The number of hydroxylamine groups is 6. The van der Waals surface area contributed by atoms with Gasteiger partial charge in [-0.15, -0.1) is 0 Å². The summed E-state index contributed by atoms with van der Waals surface area (Å²) >= 11 is 11.6. The van der Waals surface area contributed by atoms with E-state index in [1.807, 2.05) is 261 Å². The van der Waals surface area contributed by atoms with Crippen LogP contribution in [0.15, 0.2) is 223 Å². The first-order chi connectivity index (χ1) is 67.2. The summed E-state index contributed by atoms with van der Waals surface area (Å²) in [6, 6.07) is 69.4. The zero-order valence-electron chi connectivity index (χ0n) is 84.4. The number of benzene rings is 12. The minimum atomic E-state index is -0.425. The number of amides is 6. The summed E-state index contributed by atoms with van der Waals surface area (Å²) in [4.78, 5) is 71.2. The van der Waals surface area contributed by atoms with E-state index in [2.05, 4.69) is 68.9 Å². The first-order valence-electron chi connectivity index (χ1n) is 47.2. The van der Waals surface area contributed by atoms with Gasteiger partial charge in [0.2, 0.25) is 35.4 Å². The second-order valence-electron chi connectivity index (χ2n) is 34.4. The summed E-state index contributed by atoms with van der Waals surface area (Å²) in [6.07, 6.45) is 4.29. The van der Waals surface area contributed by atoms with Gasteiger partial charge in [-0.3, -0.25) is 60.0 Å². The molecule has 0 atom stereocenters. The lowest BCUT2D eigenvalue weighted by molar-refractivity contribution is -0.124. The van der Waals surface area contributed by atoms with Crippen molar-refractivity contribution in [3.05, 3.63) is 348 Å². The van der Waals surface area contributed by atoms with Gasteiger partial charge in [-0.05, 0) is 258 Å². The average molecular weight is 2120 g/mol. The van der Waals surface area contributed by atoms with Gasteiger partial charge < -0.3 is 28.4 Å². The maximum atomic E-state index is 12.1. The number of halogens is 3. The van der Waals surface area contributed by atoms with Gasteiger partial charge in [0.1, 0.15) is 74.1 Å². The first kappa shape index (κ1) is 114. The highest BCUT2D eigenvalue weighted by molar-refractivity contribution is 14.1. The van der Waals surface area contributed by atoms with Crippen molar-refractivity contribution in [3.8, 4) is 34.5 Å². The van der Waals surface area contributed by atoms with Gasteiger partial charge in [0.15, 0.2) is 0 Å². The highest BCUT2D eigenvalue weighted by atomic mass is 127. The van der Waals surface area contributed by atoms with Crippen LogP contribution in [0.4, 0.5) is 34.1 Å². The SMILES string of the molecule is CCC(=O)N(O)c1c(Br)cccc1COc1ccc(C)cc1C.CCC(=O)N(O)c1c(C)cccc1COc1ccc(C)cc1C.CCC(=O)N(O)c1c(CC)cccc1COc1ccc(C)cc1C.CCC(=O)N(O)c1c(COc2ccc(C)cc2C)cccc1C1CC1.CCC(=O)N(O)c1c(Cl)cccc1COc1ccc(C)cc1C.CCC(=O)N(O)c1c(I)cccc1COc1ccc(C)cc1C. The Labute approximate surface area is 857 Å². The standard InChI is InChI=1S/C21H25NO3.C20H25NO3.C19H23NO3.C18H20BrNO3.C18H20ClNO3.C18H20INO3/c1-4-20(23)22(24)21-17(6-5-7-18(21)16-9-10-16)13-25-19-11-8-14(2)12-15(19)3;1-5-16-8-7-9-17(20(16)21(23)19(22)6-2)13-24-18-11-10-14(3)12-15(18)4;1-5-18(21)20(22)19-14(3)7-6-8-16(19)12-23-17-10-9-13(2)11-15(17)4;3*1-4-17(21)20(22)18-14(6-5-7-15(18)19)11-23-16-9-8-12(2)10-13(16)3/h5-8,11-12,16,24H,4,9-10,13H2,1-3H3;7-12,23H,5-6,13H2,1-4H3;6-11,22H,5,12H2,1-4H3;3*5-10,22H,4,11H2,1-3H3. The predicted molar refractivity (Wildman–Crippen MR) is 569 cm³/mol. The molecule has 0 unspecified atom stereocenters. The molecule has 6 amide bonds. The molecule has 1 saturated carbocycles. The molecule has 1 aliphatic carbocycles. The molecule has 0 heterocycles. The first-order valence-corrected chi connectivity index (χ1v) is 49.4. The fourth-order valence-corrected chi connectivity index (χ4v) is 16.9. The van der Waals surface area contributed by atoms with Crippen LogP contribution in [-0.2, 0) is 74.8 Å². The van der Waals surface area contributed by atoms with Crippen molar-refractivity contribution in [2.24, 2.45) is 0 Å². The number of carbonyl (C=O) groups excluding carboxylic acids is 6. The van der Waals surface area contributed by atoms with Crippen molar-refractivity contribution < 1.29 is 88.4 Å². The Kier molecular flexibility index (Phi) is 44.9. The molecule has 1 fully saturated rings. The van der Waals surface area contributed by atoms with E-state index in [1.54, 1.807) is 65.8 Å². The molecular formula is C114H133BrClIN6O18. The minimum absolute atomic E-state index is 0.180. The van der Waals surface area contributed by atoms with Crippen molar-refractivity contribution in [1.82, 2.24) is 0 Å². The Bertz CT molecular complexity index is 5820. The average Bonchev–Trinajstić information content (AvgIpc) is 1.62. The summed E-state index contributed by atoms with van der Waals surface area (Å²) in [5.41, 5.74) is 23.5. The summed E-state index contributed by atoms with van der Waals surface area (Å²) in [7, 11) is 0. The van der Waals surface area contributed by atoms with E-state index in [0.717, 1.165) is 161 Å². The molecule has 0 saturated heterocycles. The summed E-state index contributed by atoms with van der Waals surface area (Å²) < 4.78 is 36.8. The highest BCUT2D eigenvalue weighted by Crippen LogP contribution is 2.46. The second-order valence-corrected chi connectivity index (χ2v) is 36.9. The van der Waals surface area contributed by atoms with Crippen molar-refractivity contribution in [1.29, 1.82) is 0 Å². The molecule has 12 aromatic carbocycles. The number of hydrogen-bond acceptors (Lipinski definition) is 18. The largest absolute Gasteiger partial charge is 0.489 e. The summed E-state index contributed by atoms with van der Waals surface area (Å²) in [5, 5.41) is 65.9. The quantitative estimate of drug-likeness (QED) is 0.0130. The smallest absolute Gasteiger partial charge is 0.250 e. The predicted octanol–water partition coefficient (Wildman–Crippen LogP) is 27.9. The Hall–Kier alpha value is -12.5. The van der Waals surface area contributed by atoms with E-state index in [0.29, 0.717) is 72.8 Å². The molecule has 6 N–H and O–H groups in total. The third-order valence-corrected chi connectivity index (χ3v) is 24.9. The topological polar surface area (TPSA) is 299 Å². The number of rotatable bonds is 32. The highest BCUT2D eigenvalue weighted by Gasteiger charge is 2.32. The van der Waals surface area contributed by atoms with E-state index >= 15 is 0 Å². The fourth-order valence-electron chi connectivity index (χ4n) is 15.3. The number of ether oxygens (including phenoxy) is 6. The van der Waals surface area contributed by atoms with Crippen LogP contribution < -0.4 is 58.8 Å². The summed E-state index contributed by atoms with van der Waals surface area (Å²) in [5.74, 6) is 3.07. The Morgan fingerprint density at radius 3 is 0.858 bits per heavy atom. The number of anilines is 6. The lowest BCUT2D eigenvalue weighted by Crippen LogP contribution is -2.28. The molecular weight excluding hydrogens is 1980 g/mol. The zero-order valence-corrected chi connectivity index (χ0v) is 88.9. The Morgan fingerprint density at radius 2 is 0.532 bits per heavy atom. The Balaban J connectivity index is 0.000000207. The minimum Gasteiger partial charge on any atom is -0.489 e. The van der Waals surface area contributed by atoms with Crippen molar-refractivity contribution in [2.45, 2.75) is 242 Å². The molecule has 748 valence electrons. The lowest BCUT2D eigenvalue weighted by Gasteiger charge is -2.22. The fraction of sp³-hybridized carbons (Fsp3) is 0.316. The van der Waals surface area contributed by atoms with Crippen molar-refractivity contribution in [2.75, 3.05) is 30.4 Å². The van der Waals surface area contributed by atoms with Crippen LogP contribution in [0.1, 0.15) is 223 Å². The van der Waals surface area contributed by atoms with Gasteiger partial charge >= 0.3 is 0 Å². The molecule has 0 aliphatic heterocycles. The van der Waals surface area contributed by atoms with Gasteiger partial charge in [-0.1, -0.05) is 257 Å². The van der Waals surface area contributed by atoms with Crippen LogP contribution in [0.25, 0.3) is 0 Å². The molecule has 0 radical (unpaired) electrons. The molecule has 12 aromatic rings. The number of aryl methyl sites for hydroxylation is 14. The number of carbonyl (C=O) groups is 6. The third-order valence-electron chi connectivity index (χ3n) is 23.1. The maximum Gasteiger partial charge on any atom is 0.250 e. The van der Waals surface area contributed by atoms with Gasteiger partial charge in [-0.2, -0.15) is 30.4 Å². The Morgan fingerprint density at radius 1 is 0.291 bits per heavy atom. The molecule has 141 heavy (non-hydrogen) atoms. The van der Waals surface area contributed by atoms with Gasteiger partial charge in [0.05, 0.1) is 39.1 Å². The maximum absolute atomic E-state index is 12.1. The van der Waals surface area contributed by atoms with Crippen molar-refractivity contribution in [3.63, 3.8) is 0 Å². The summed E-state index contributed by atoms with van der Waals surface area (Å²) in [6.45, 7) is 40.0. The molecule has 27 heteroatoms. The molecule has 13 rings (SSSR count). The third kappa shape index (κ3) is 32.5. The van der Waals surface area contributed by atoms with Crippen LogP contribution in [0, 0.1) is 93.6 Å². The van der Waals surface area contributed by atoms with E-state index < -0.39 is 5.91 Å². The zero-order chi connectivity index (χ0) is 104. The van der Waals surface area contributed by atoms with Crippen LogP contribution in [0.2, 0.25) is 5.02 Å². The number of nitrogens with zero attached hydrogens (tertiary/aromatic N) is 6. The number of para-hydroxylation sites is 6. The number of hydrogen-bond donors (Lipinski definition) is 6. The monoisotopic (exact) mass is 2110 g/mol. The molecule has 0 spiro atoms. The van der Waals surface area contributed by atoms with Crippen LogP contribution in [0.3, 0.4) is 0 Å². The van der Waals surface area contributed by atoms with E-state index in [4.69, 9.17) is 40.0 Å². The molecule has 24 nitrogen and oxygen atoms in total. The van der Waals surface area contributed by atoms with Crippen LogP contribution in [0.5, 0.6) is 34.5 Å². The molecule has 0 bridgehead atoms. The van der Waals surface area contributed by atoms with E-state index in [-0.39, 0.29) is 100 Å². The van der Waals surface area contributed by atoms with Crippen LogP contribution >= 0.6 is 50.1 Å². The lowest BCUT2D eigenvalue weighted by atomic mass is 10.0. The van der Waals surface area contributed by atoms with Gasteiger partial charge in [-0.25, -0.2) is 0 Å². The molecule has 1 aliphatic rings.